The lowest BCUT2D eigenvalue weighted by Crippen LogP contribution is -2.26. The Morgan fingerprint density at radius 2 is 1.80 bits per heavy atom. The summed E-state index contributed by atoms with van der Waals surface area (Å²) >= 11 is 0. The van der Waals surface area contributed by atoms with E-state index in [0.717, 1.165) is 5.56 Å². The zero-order chi connectivity index (χ0) is 15.2. The molecular weight excluding hydrogens is 258 g/mol. The lowest BCUT2D eigenvalue weighted by molar-refractivity contribution is -0.136. The van der Waals surface area contributed by atoms with Gasteiger partial charge in [-0.3, -0.25) is 4.79 Å². The molecule has 0 fully saturated rings. The minimum Gasteiger partial charge on any atom is -0.481 e. The Bertz CT molecular complexity index is 460. The molecule has 0 spiro atoms. The maximum atomic E-state index is 11.3. The highest BCUT2D eigenvalue weighted by molar-refractivity contribution is 5.70. The molecule has 0 radical (unpaired) electrons. The van der Waals surface area contributed by atoms with Crippen molar-refractivity contribution in [2.75, 3.05) is 6.54 Å². The van der Waals surface area contributed by atoms with Crippen LogP contribution in [0.4, 0.5) is 4.79 Å². The number of carbonyl (C=O) groups is 2. The summed E-state index contributed by atoms with van der Waals surface area (Å²) in [7, 11) is 0. The van der Waals surface area contributed by atoms with E-state index in [2.05, 4.69) is 26.1 Å². The van der Waals surface area contributed by atoms with Gasteiger partial charge in [-0.2, -0.15) is 0 Å². The Labute approximate surface area is 118 Å². The van der Waals surface area contributed by atoms with Crippen molar-refractivity contribution in [3.63, 3.8) is 0 Å². The highest BCUT2D eigenvalue weighted by atomic mass is 16.5. The number of rotatable bonds is 5. The number of hydrogen-bond donors (Lipinski definition) is 2. The van der Waals surface area contributed by atoms with E-state index >= 15 is 0 Å². The highest BCUT2D eigenvalue weighted by Gasteiger charge is 2.13. The molecule has 1 amide bonds. The predicted molar refractivity (Wildman–Crippen MR) is 75.6 cm³/mol. The number of hydrogen-bond acceptors (Lipinski definition) is 3. The molecule has 110 valence electrons. The smallest absolute Gasteiger partial charge is 0.407 e. The molecule has 5 nitrogen and oxygen atoms in total. The first-order chi connectivity index (χ1) is 9.29. The average Bonchev–Trinajstić information content (AvgIpc) is 2.35. The van der Waals surface area contributed by atoms with Gasteiger partial charge in [-0.1, -0.05) is 45.0 Å². The summed E-state index contributed by atoms with van der Waals surface area (Å²) in [6.45, 7) is 6.64. The lowest BCUT2D eigenvalue weighted by atomic mass is 9.87. The third kappa shape index (κ3) is 5.73. The Kier molecular flexibility index (Phi) is 5.55. The van der Waals surface area contributed by atoms with Crippen LogP contribution < -0.4 is 5.32 Å². The zero-order valence-electron chi connectivity index (χ0n) is 12.1. The average molecular weight is 279 g/mol. The van der Waals surface area contributed by atoms with Crippen molar-refractivity contribution in [1.29, 1.82) is 0 Å². The number of amides is 1. The van der Waals surface area contributed by atoms with Gasteiger partial charge in [-0.25, -0.2) is 4.79 Å². The van der Waals surface area contributed by atoms with Crippen LogP contribution in [0.3, 0.4) is 0 Å². The van der Waals surface area contributed by atoms with Crippen molar-refractivity contribution < 1.29 is 19.4 Å². The Hall–Kier alpha value is -2.04. The molecule has 20 heavy (non-hydrogen) atoms. The molecule has 0 atom stereocenters. The van der Waals surface area contributed by atoms with Crippen molar-refractivity contribution in [2.45, 2.75) is 39.2 Å². The number of nitrogens with one attached hydrogen (secondary N) is 1. The van der Waals surface area contributed by atoms with Crippen LogP contribution in [0, 0.1) is 0 Å². The molecule has 0 saturated heterocycles. The van der Waals surface area contributed by atoms with Crippen molar-refractivity contribution in [2.24, 2.45) is 0 Å². The van der Waals surface area contributed by atoms with E-state index in [1.807, 2.05) is 24.3 Å². The van der Waals surface area contributed by atoms with Crippen LogP contribution in [0.1, 0.15) is 38.3 Å². The van der Waals surface area contributed by atoms with Crippen LogP contribution in [-0.4, -0.2) is 23.7 Å². The molecule has 0 aliphatic carbocycles. The first-order valence-corrected chi connectivity index (χ1v) is 6.51. The van der Waals surface area contributed by atoms with Gasteiger partial charge in [0.1, 0.15) is 6.61 Å². The van der Waals surface area contributed by atoms with Gasteiger partial charge in [0, 0.05) is 6.54 Å². The van der Waals surface area contributed by atoms with E-state index in [4.69, 9.17) is 9.84 Å². The Morgan fingerprint density at radius 1 is 1.20 bits per heavy atom. The molecule has 1 aromatic rings. The van der Waals surface area contributed by atoms with E-state index < -0.39 is 12.1 Å². The summed E-state index contributed by atoms with van der Waals surface area (Å²) in [5.74, 6) is -0.955. The summed E-state index contributed by atoms with van der Waals surface area (Å²) in [6.07, 6.45) is -0.721. The van der Waals surface area contributed by atoms with Gasteiger partial charge < -0.3 is 15.2 Å². The van der Waals surface area contributed by atoms with Gasteiger partial charge in [0.15, 0.2) is 0 Å². The number of carbonyl (C=O) groups excluding carboxylic acids is 1. The molecule has 2 N–H and O–H groups in total. The number of alkyl carbamates (subject to hydrolysis) is 1. The monoisotopic (exact) mass is 279 g/mol. The summed E-state index contributed by atoms with van der Waals surface area (Å²) in [6, 6.07) is 7.87. The van der Waals surface area contributed by atoms with Gasteiger partial charge in [0.25, 0.3) is 0 Å². The van der Waals surface area contributed by atoms with Crippen LogP contribution in [0.25, 0.3) is 0 Å². The van der Waals surface area contributed by atoms with Crippen molar-refractivity contribution in [1.82, 2.24) is 5.32 Å². The SMILES string of the molecule is CC(C)(C)c1ccc(COC(=O)NCCC(=O)O)cc1. The molecule has 0 unspecified atom stereocenters. The second-order valence-electron chi connectivity index (χ2n) is 5.59. The first kappa shape index (κ1) is 16.0. The fourth-order valence-electron chi connectivity index (χ4n) is 1.57. The normalized spacial score (nSPS) is 10.9. The van der Waals surface area contributed by atoms with Crippen LogP contribution >= 0.6 is 0 Å². The summed E-state index contributed by atoms with van der Waals surface area (Å²) in [4.78, 5) is 21.6. The third-order valence-electron chi connectivity index (χ3n) is 2.80. The van der Waals surface area contributed by atoms with Gasteiger partial charge in [0.2, 0.25) is 0 Å². The Morgan fingerprint density at radius 3 is 2.30 bits per heavy atom. The molecule has 0 heterocycles. The van der Waals surface area contributed by atoms with E-state index in [-0.39, 0.29) is 25.0 Å². The predicted octanol–water partition coefficient (Wildman–Crippen LogP) is 2.69. The standard InChI is InChI=1S/C15H21NO4/c1-15(2,3)12-6-4-11(5-7-12)10-20-14(19)16-9-8-13(17)18/h4-7H,8-10H2,1-3H3,(H,16,19)(H,17,18). The maximum Gasteiger partial charge on any atom is 0.407 e. The van der Waals surface area contributed by atoms with Crippen molar-refractivity contribution in [3.8, 4) is 0 Å². The molecule has 0 saturated carbocycles. The quantitative estimate of drug-likeness (QED) is 0.869. The molecule has 0 aliphatic rings. The van der Waals surface area contributed by atoms with Crippen LogP contribution in [0.2, 0.25) is 0 Å². The number of carboxylic acids is 1. The third-order valence-corrected chi connectivity index (χ3v) is 2.80. The summed E-state index contributed by atoms with van der Waals surface area (Å²) in [5, 5.41) is 10.8. The molecule has 5 heteroatoms. The number of benzene rings is 1. The fourth-order valence-corrected chi connectivity index (χ4v) is 1.57. The molecule has 0 bridgehead atoms. The van der Waals surface area contributed by atoms with Crippen LogP contribution in [0.15, 0.2) is 24.3 Å². The van der Waals surface area contributed by atoms with Gasteiger partial charge >= 0.3 is 12.1 Å². The molecular formula is C15H21NO4. The largest absolute Gasteiger partial charge is 0.481 e. The topological polar surface area (TPSA) is 75.6 Å². The summed E-state index contributed by atoms with van der Waals surface area (Å²) < 4.78 is 4.99. The lowest BCUT2D eigenvalue weighted by Gasteiger charge is -2.19. The number of aliphatic carboxylic acids is 1. The second-order valence-corrected chi connectivity index (χ2v) is 5.59. The van der Waals surface area contributed by atoms with E-state index in [0.29, 0.717) is 0 Å². The molecule has 1 rings (SSSR count). The van der Waals surface area contributed by atoms with Gasteiger partial charge in [-0.05, 0) is 16.5 Å². The Balaban J connectivity index is 2.38. The van der Waals surface area contributed by atoms with Gasteiger partial charge in [-0.15, -0.1) is 0 Å². The molecule has 0 aromatic heterocycles. The first-order valence-electron chi connectivity index (χ1n) is 6.51. The summed E-state index contributed by atoms with van der Waals surface area (Å²) in [5.41, 5.74) is 2.20. The molecule has 1 aromatic carbocycles. The number of ether oxygens (including phenoxy) is 1. The van der Waals surface area contributed by atoms with Gasteiger partial charge in [0.05, 0.1) is 6.42 Å². The van der Waals surface area contributed by atoms with E-state index in [9.17, 15) is 9.59 Å². The van der Waals surface area contributed by atoms with E-state index in [1.165, 1.54) is 5.56 Å². The molecule has 0 aliphatic heterocycles. The maximum absolute atomic E-state index is 11.3. The van der Waals surface area contributed by atoms with Crippen LogP contribution in [-0.2, 0) is 21.6 Å². The highest BCUT2D eigenvalue weighted by Crippen LogP contribution is 2.22. The zero-order valence-corrected chi connectivity index (χ0v) is 12.1. The van der Waals surface area contributed by atoms with E-state index in [1.54, 1.807) is 0 Å². The minimum atomic E-state index is -0.955. The fraction of sp³-hybridized carbons (Fsp3) is 0.467. The minimum absolute atomic E-state index is 0.0666. The van der Waals surface area contributed by atoms with Crippen molar-refractivity contribution >= 4 is 12.1 Å². The van der Waals surface area contributed by atoms with Crippen molar-refractivity contribution in [3.05, 3.63) is 35.4 Å². The second kappa shape index (κ2) is 6.93. The number of carboxylic acid groups (broad SMARTS) is 1. The van der Waals surface area contributed by atoms with Crippen LogP contribution in [0.5, 0.6) is 0 Å².